The number of carbonyl (C=O) groups is 1. The Kier molecular flexibility index (Phi) is 4.82. The molecule has 7 nitrogen and oxygen atoms in total. The summed E-state index contributed by atoms with van der Waals surface area (Å²) in [6, 6.07) is 11.2. The molecule has 25 heavy (non-hydrogen) atoms. The molecular formula is C17H17N3O4S. The van der Waals surface area contributed by atoms with Gasteiger partial charge >= 0.3 is 0 Å². The first-order chi connectivity index (χ1) is 12.0. The van der Waals surface area contributed by atoms with Crippen molar-refractivity contribution in [2.45, 2.75) is 10.9 Å². The van der Waals surface area contributed by atoms with Crippen LogP contribution in [-0.2, 0) is 14.8 Å². The van der Waals surface area contributed by atoms with Crippen molar-refractivity contribution in [1.82, 2.24) is 14.6 Å². The van der Waals surface area contributed by atoms with E-state index in [1.165, 1.54) is 16.4 Å². The lowest BCUT2D eigenvalue weighted by Crippen LogP contribution is -2.60. The highest BCUT2D eigenvalue weighted by atomic mass is 32.2. The maximum absolute atomic E-state index is 12.5. The molecular weight excluding hydrogens is 342 g/mol. The van der Waals surface area contributed by atoms with Crippen LogP contribution >= 0.6 is 0 Å². The number of pyridine rings is 1. The summed E-state index contributed by atoms with van der Waals surface area (Å²) in [6.07, 6.45) is 2.77. The molecule has 1 aromatic heterocycles. The lowest BCUT2D eigenvalue weighted by molar-refractivity contribution is -0.117. The van der Waals surface area contributed by atoms with Gasteiger partial charge in [0.15, 0.2) is 0 Å². The molecule has 1 saturated heterocycles. The van der Waals surface area contributed by atoms with Crippen LogP contribution in [0.5, 0.6) is 11.6 Å². The van der Waals surface area contributed by atoms with Crippen molar-refractivity contribution in [1.29, 1.82) is 0 Å². The Bertz CT molecular complexity index is 861. The van der Waals surface area contributed by atoms with Gasteiger partial charge in [-0.2, -0.15) is 4.31 Å². The van der Waals surface area contributed by atoms with E-state index in [1.807, 2.05) is 0 Å². The Balaban J connectivity index is 1.63. The van der Waals surface area contributed by atoms with Gasteiger partial charge in [-0.1, -0.05) is 12.6 Å². The van der Waals surface area contributed by atoms with E-state index in [1.54, 1.807) is 36.5 Å². The maximum atomic E-state index is 12.5. The van der Waals surface area contributed by atoms with Crippen LogP contribution in [0.25, 0.3) is 0 Å². The van der Waals surface area contributed by atoms with Crippen LogP contribution in [0.2, 0.25) is 0 Å². The van der Waals surface area contributed by atoms with Crippen molar-refractivity contribution in [2.24, 2.45) is 0 Å². The van der Waals surface area contributed by atoms with Crippen LogP contribution in [0.1, 0.15) is 0 Å². The highest BCUT2D eigenvalue weighted by molar-refractivity contribution is 7.89. The summed E-state index contributed by atoms with van der Waals surface area (Å²) in [6.45, 7) is 3.85. The Morgan fingerprint density at radius 1 is 1.24 bits per heavy atom. The number of hydrogen-bond donors (Lipinski definition) is 1. The van der Waals surface area contributed by atoms with Crippen LogP contribution in [0.3, 0.4) is 0 Å². The largest absolute Gasteiger partial charge is 0.439 e. The minimum atomic E-state index is -3.58. The van der Waals surface area contributed by atoms with E-state index < -0.39 is 10.0 Å². The molecule has 1 aliphatic rings. The number of nitrogens with one attached hydrogen (secondary N) is 1. The molecule has 0 unspecified atom stereocenters. The number of nitrogens with zero attached hydrogens (tertiary/aromatic N) is 2. The van der Waals surface area contributed by atoms with Crippen LogP contribution in [0.15, 0.2) is 66.2 Å². The van der Waals surface area contributed by atoms with Crippen molar-refractivity contribution in [2.75, 3.05) is 13.1 Å². The fraction of sp³-hybridized carbons (Fsp3) is 0.176. The predicted octanol–water partition coefficient (Wildman–Crippen LogP) is 1.55. The van der Waals surface area contributed by atoms with Crippen LogP contribution < -0.4 is 10.1 Å². The summed E-state index contributed by atoms with van der Waals surface area (Å²) in [5, 5.41) is 2.67. The summed E-state index contributed by atoms with van der Waals surface area (Å²) >= 11 is 0. The molecule has 0 atom stereocenters. The third kappa shape index (κ3) is 3.86. The first-order valence-electron chi connectivity index (χ1n) is 7.61. The zero-order valence-corrected chi connectivity index (χ0v) is 14.1. The molecule has 1 amide bonds. The number of benzene rings is 1. The van der Waals surface area contributed by atoms with Crippen molar-refractivity contribution in [3.8, 4) is 11.6 Å². The SMILES string of the molecule is C=CC(=O)NC1CN(S(=O)(=O)c2ccc(Oc3ccccn3)cc2)C1. The molecule has 1 fully saturated rings. The molecule has 0 radical (unpaired) electrons. The molecule has 0 aliphatic carbocycles. The van der Waals surface area contributed by atoms with E-state index in [2.05, 4.69) is 16.9 Å². The standard InChI is InChI=1S/C17H17N3O4S/c1-2-16(21)19-13-11-20(12-13)25(22,23)15-8-6-14(7-9-15)24-17-5-3-4-10-18-17/h2-10,13H,1,11-12H2,(H,19,21). The van der Waals surface area contributed by atoms with Crippen molar-refractivity contribution in [3.05, 3.63) is 61.3 Å². The molecule has 2 aromatic rings. The van der Waals surface area contributed by atoms with Gasteiger partial charge in [-0.3, -0.25) is 4.79 Å². The van der Waals surface area contributed by atoms with Gasteiger partial charge in [0.1, 0.15) is 5.75 Å². The average Bonchev–Trinajstić information content (AvgIpc) is 2.58. The molecule has 130 valence electrons. The molecule has 1 N–H and O–H groups in total. The zero-order valence-electron chi connectivity index (χ0n) is 13.3. The second-order valence-electron chi connectivity index (χ2n) is 5.47. The summed E-state index contributed by atoms with van der Waals surface area (Å²) in [7, 11) is -3.58. The monoisotopic (exact) mass is 359 g/mol. The minimum Gasteiger partial charge on any atom is -0.439 e. The third-order valence-electron chi connectivity index (χ3n) is 3.70. The molecule has 1 aromatic carbocycles. The average molecular weight is 359 g/mol. The number of amides is 1. The van der Waals surface area contributed by atoms with Gasteiger partial charge in [0, 0.05) is 25.4 Å². The minimum absolute atomic E-state index is 0.175. The first kappa shape index (κ1) is 17.1. The lowest BCUT2D eigenvalue weighted by Gasteiger charge is -2.38. The molecule has 2 heterocycles. The van der Waals surface area contributed by atoms with Crippen molar-refractivity contribution < 1.29 is 17.9 Å². The topological polar surface area (TPSA) is 88.6 Å². The first-order valence-corrected chi connectivity index (χ1v) is 9.05. The van der Waals surface area contributed by atoms with E-state index >= 15 is 0 Å². The lowest BCUT2D eigenvalue weighted by atomic mass is 10.2. The van der Waals surface area contributed by atoms with Gasteiger partial charge < -0.3 is 10.1 Å². The summed E-state index contributed by atoms with van der Waals surface area (Å²) in [5.41, 5.74) is 0. The summed E-state index contributed by atoms with van der Waals surface area (Å²) in [4.78, 5) is 15.4. The highest BCUT2D eigenvalue weighted by Gasteiger charge is 2.37. The van der Waals surface area contributed by atoms with E-state index in [0.717, 1.165) is 6.08 Å². The Labute approximate surface area is 146 Å². The van der Waals surface area contributed by atoms with Crippen LogP contribution in [0.4, 0.5) is 0 Å². The Hall–Kier alpha value is -2.71. The molecule has 3 rings (SSSR count). The van der Waals surface area contributed by atoms with E-state index in [-0.39, 0.29) is 29.9 Å². The number of ether oxygens (including phenoxy) is 1. The number of hydrogen-bond acceptors (Lipinski definition) is 5. The van der Waals surface area contributed by atoms with Crippen molar-refractivity contribution >= 4 is 15.9 Å². The second kappa shape index (κ2) is 7.04. The second-order valence-corrected chi connectivity index (χ2v) is 7.41. The predicted molar refractivity (Wildman–Crippen MR) is 91.6 cm³/mol. The Morgan fingerprint density at radius 2 is 1.96 bits per heavy atom. The van der Waals surface area contributed by atoms with Gasteiger partial charge in [0.25, 0.3) is 0 Å². The molecule has 1 aliphatic heterocycles. The quantitative estimate of drug-likeness (QED) is 0.791. The molecule has 8 heteroatoms. The number of aromatic nitrogens is 1. The zero-order chi connectivity index (χ0) is 17.9. The van der Waals surface area contributed by atoms with E-state index in [4.69, 9.17) is 4.74 Å². The normalized spacial score (nSPS) is 15.2. The number of carbonyl (C=O) groups excluding carboxylic acids is 1. The molecule has 0 bridgehead atoms. The van der Waals surface area contributed by atoms with Crippen LogP contribution in [0, 0.1) is 0 Å². The van der Waals surface area contributed by atoms with Gasteiger partial charge in [0.05, 0.1) is 10.9 Å². The van der Waals surface area contributed by atoms with Gasteiger partial charge in [-0.25, -0.2) is 13.4 Å². The molecule has 0 saturated carbocycles. The van der Waals surface area contributed by atoms with E-state index in [9.17, 15) is 13.2 Å². The van der Waals surface area contributed by atoms with Crippen LogP contribution in [-0.4, -0.2) is 42.7 Å². The smallest absolute Gasteiger partial charge is 0.243 e. The van der Waals surface area contributed by atoms with Gasteiger partial charge in [-0.05, 0) is 36.4 Å². The third-order valence-corrected chi connectivity index (χ3v) is 5.55. The Morgan fingerprint density at radius 3 is 2.56 bits per heavy atom. The summed E-state index contributed by atoms with van der Waals surface area (Å²) < 4.78 is 31.9. The fourth-order valence-corrected chi connectivity index (χ4v) is 3.87. The summed E-state index contributed by atoms with van der Waals surface area (Å²) in [5.74, 6) is 0.622. The molecule has 0 spiro atoms. The maximum Gasteiger partial charge on any atom is 0.243 e. The fourth-order valence-electron chi connectivity index (χ4n) is 2.34. The van der Waals surface area contributed by atoms with Gasteiger partial charge in [0.2, 0.25) is 21.8 Å². The number of sulfonamides is 1. The van der Waals surface area contributed by atoms with Crippen molar-refractivity contribution in [3.63, 3.8) is 0 Å². The highest BCUT2D eigenvalue weighted by Crippen LogP contribution is 2.25. The van der Waals surface area contributed by atoms with E-state index in [0.29, 0.717) is 11.6 Å². The number of rotatable bonds is 6. The van der Waals surface area contributed by atoms with Gasteiger partial charge in [-0.15, -0.1) is 0 Å².